The monoisotopic (exact) mass is 295 g/mol. The Balaban J connectivity index is 1.95. The molecule has 0 bridgehead atoms. The molecule has 0 atom stereocenters. The summed E-state index contributed by atoms with van der Waals surface area (Å²) in [4.78, 5) is 0. The van der Waals surface area contributed by atoms with E-state index in [1.165, 1.54) is 0 Å². The Labute approximate surface area is 109 Å². The van der Waals surface area contributed by atoms with E-state index in [0.29, 0.717) is 12.3 Å². The Morgan fingerprint density at radius 1 is 1.41 bits per heavy atom. The molecule has 0 amide bonds. The van der Waals surface area contributed by atoms with Crippen molar-refractivity contribution in [2.45, 2.75) is 6.42 Å². The third-order valence-corrected chi connectivity index (χ3v) is 3.38. The van der Waals surface area contributed by atoms with Crippen molar-refractivity contribution in [2.24, 2.45) is 7.05 Å². The van der Waals surface area contributed by atoms with Crippen LogP contribution in [-0.4, -0.2) is 16.4 Å². The molecule has 1 aromatic carbocycles. The van der Waals surface area contributed by atoms with Crippen LogP contribution in [-0.2, 0) is 13.5 Å². The highest BCUT2D eigenvalue weighted by Gasteiger charge is 2.04. The standard InChI is InChI=1S/C12H14BrN3O/c1-16-9(5-7-15-16)6-8-17-11-4-2-3-10(14)12(11)13/h2-5,7H,6,8,14H2,1H3. The lowest BCUT2D eigenvalue weighted by atomic mass is 10.3. The quantitative estimate of drug-likeness (QED) is 0.881. The number of halogens is 1. The molecule has 0 radical (unpaired) electrons. The van der Waals surface area contributed by atoms with Gasteiger partial charge in [0.15, 0.2) is 0 Å². The fourth-order valence-electron chi connectivity index (χ4n) is 1.55. The minimum atomic E-state index is 0.599. The summed E-state index contributed by atoms with van der Waals surface area (Å²) in [5.41, 5.74) is 7.60. The van der Waals surface area contributed by atoms with Crippen molar-refractivity contribution >= 4 is 21.6 Å². The lowest BCUT2D eigenvalue weighted by Crippen LogP contribution is -2.06. The summed E-state index contributed by atoms with van der Waals surface area (Å²) < 4.78 is 8.33. The minimum absolute atomic E-state index is 0.599. The summed E-state index contributed by atoms with van der Waals surface area (Å²) >= 11 is 3.41. The van der Waals surface area contributed by atoms with Gasteiger partial charge in [-0.25, -0.2) is 0 Å². The lowest BCUT2D eigenvalue weighted by molar-refractivity contribution is 0.316. The van der Waals surface area contributed by atoms with Gasteiger partial charge in [-0.3, -0.25) is 4.68 Å². The number of anilines is 1. The zero-order valence-corrected chi connectivity index (χ0v) is 11.1. The molecule has 1 aromatic heterocycles. The number of aryl methyl sites for hydroxylation is 1. The van der Waals surface area contributed by atoms with E-state index in [1.807, 2.05) is 36.0 Å². The number of rotatable bonds is 4. The molecule has 0 saturated carbocycles. The Morgan fingerprint density at radius 2 is 2.24 bits per heavy atom. The van der Waals surface area contributed by atoms with E-state index in [0.717, 1.165) is 22.3 Å². The molecule has 2 rings (SSSR count). The normalized spacial score (nSPS) is 10.5. The topological polar surface area (TPSA) is 53.1 Å². The molecule has 5 heteroatoms. The molecule has 0 aliphatic rings. The zero-order valence-electron chi connectivity index (χ0n) is 9.56. The number of benzene rings is 1. The second-order valence-corrected chi connectivity index (χ2v) is 4.50. The van der Waals surface area contributed by atoms with Gasteiger partial charge in [0.05, 0.1) is 11.1 Å². The molecule has 0 fully saturated rings. The largest absolute Gasteiger partial charge is 0.492 e. The fraction of sp³-hybridized carbons (Fsp3) is 0.250. The van der Waals surface area contributed by atoms with E-state index in [-0.39, 0.29) is 0 Å². The smallest absolute Gasteiger partial charge is 0.135 e. The number of nitrogen functional groups attached to an aromatic ring is 1. The van der Waals surface area contributed by atoms with Crippen LogP contribution >= 0.6 is 15.9 Å². The molecule has 17 heavy (non-hydrogen) atoms. The molecule has 0 unspecified atom stereocenters. The van der Waals surface area contributed by atoms with Gasteiger partial charge in [0.1, 0.15) is 5.75 Å². The van der Waals surface area contributed by atoms with Gasteiger partial charge in [-0.2, -0.15) is 5.10 Å². The third kappa shape index (κ3) is 2.79. The van der Waals surface area contributed by atoms with E-state index in [2.05, 4.69) is 21.0 Å². The van der Waals surface area contributed by atoms with Crippen LogP contribution in [0.1, 0.15) is 5.69 Å². The Morgan fingerprint density at radius 3 is 2.94 bits per heavy atom. The van der Waals surface area contributed by atoms with Gasteiger partial charge in [0.2, 0.25) is 0 Å². The molecule has 2 N–H and O–H groups in total. The van der Waals surface area contributed by atoms with Crippen LogP contribution < -0.4 is 10.5 Å². The van der Waals surface area contributed by atoms with E-state index in [9.17, 15) is 0 Å². The average Bonchev–Trinajstić information content (AvgIpc) is 2.71. The van der Waals surface area contributed by atoms with Crippen molar-refractivity contribution in [3.05, 3.63) is 40.6 Å². The van der Waals surface area contributed by atoms with Gasteiger partial charge in [-0.15, -0.1) is 0 Å². The molecule has 0 saturated heterocycles. The van der Waals surface area contributed by atoms with Gasteiger partial charge in [0.25, 0.3) is 0 Å². The zero-order chi connectivity index (χ0) is 12.3. The summed E-state index contributed by atoms with van der Waals surface area (Å²) in [5, 5.41) is 4.11. The predicted octanol–water partition coefficient (Wildman–Crippen LogP) is 2.39. The molecule has 90 valence electrons. The van der Waals surface area contributed by atoms with Crippen LogP contribution in [0.5, 0.6) is 5.75 Å². The first-order valence-corrected chi connectivity index (χ1v) is 6.11. The van der Waals surface area contributed by atoms with Crippen LogP contribution in [0.25, 0.3) is 0 Å². The molecule has 0 aliphatic carbocycles. The number of ether oxygens (including phenoxy) is 1. The van der Waals surface area contributed by atoms with E-state index in [4.69, 9.17) is 10.5 Å². The van der Waals surface area contributed by atoms with Gasteiger partial charge in [-0.05, 0) is 34.1 Å². The van der Waals surface area contributed by atoms with Crippen LogP contribution in [0.2, 0.25) is 0 Å². The highest BCUT2D eigenvalue weighted by atomic mass is 79.9. The first kappa shape index (κ1) is 12.0. The van der Waals surface area contributed by atoms with Crippen molar-refractivity contribution in [1.29, 1.82) is 0 Å². The Bertz CT molecular complexity index is 510. The highest BCUT2D eigenvalue weighted by molar-refractivity contribution is 9.10. The maximum Gasteiger partial charge on any atom is 0.135 e. The lowest BCUT2D eigenvalue weighted by Gasteiger charge is -2.09. The van der Waals surface area contributed by atoms with Crippen molar-refractivity contribution in [3.8, 4) is 5.75 Å². The summed E-state index contributed by atoms with van der Waals surface area (Å²) in [7, 11) is 1.92. The van der Waals surface area contributed by atoms with Crippen molar-refractivity contribution < 1.29 is 4.74 Å². The highest BCUT2D eigenvalue weighted by Crippen LogP contribution is 2.30. The molecule has 2 aromatic rings. The van der Waals surface area contributed by atoms with Crippen LogP contribution in [0.3, 0.4) is 0 Å². The molecule has 4 nitrogen and oxygen atoms in total. The number of hydrogen-bond donors (Lipinski definition) is 1. The maximum absolute atomic E-state index is 5.77. The second kappa shape index (κ2) is 5.23. The van der Waals surface area contributed by atoms with Gasteiger partial charge in [-0.1, -0.05) is 6.07 Å². The summed E-state index contributed by atoms with van der Waals surface area (Å²) in [5.74, 6) is 0.771. The fourth-order valence-corrected chi connectivity index (χ4v) is 1.93. The van der Waals surface area contributed by atoms with Gasteiger partial charge in [0, 0.05) is 31.0 Å². The van der Waals surface area contributed by atoms with Crippen LogP contribution in [0, 0.1) is 0 Å². The SMILES string of the molecule is Cn1nccc1CCOc1cccc(N)c1Br. The third-order valence-electron chi connectivity index (χ3n) is 2.53. The maximum atomic E-state index is 5.77. The van der Waals surface area contributed by atoms with Crippen molar-refractivity contribution in [2.75, 3.05) is 12.3 Å². The van der Waals surface area contributed by atoms with Crippen molar-refractivity contribution in [1.82, 2.24) is 9.78 Å². The molecule has 1 heterocycles. The van der Waals surface area contributed by atoms with Crippen LogP contribution in [0.15, 0.2) is 34.9 Å². The van der Waals surface area contributed by atoms with Gasteiger partial charge >= 0.3 is 0 Å². The number of nitrogens with zero attached hydrogens (tertiary/aromatic N) is 2. The van der Waals surface area contributed by atoms with Crippen molar-refractivity contribution in [3.63, 3.8) is 0 Å². The van der Waals surface area contributed by atoms with Gasteiger partial charge < -0.3 is 10.5 Å². The van der Waals surface area contributed by atoms with E-state index >= 15 is 0 Å². The molecule has 0 spiro atoms. The first-order valence-electron chi connectivity index (χ1n) is 5.32. The Kier molecular flexibility index (Phi) is 3.68. The average molecular weight is 296 g/mol. The molecular formula is C12H14BrN3O. The number of aromatic nitrogens is 2. The van der Waals surface area contributed by atoms with E-state index < -0.39 is 0 Å². The van der Waals surface area contributed by atoms with Crippen LogP contribution in [0.4, 0.5) is 5.69 Å². The summed E-state index contributed by atoms with van der Waals surface area (Å²) in [6.07, 6.45) is 2.60. The number of nitrogens with two attached hydrogens (primary N) is 1. The summed E-state index contributed by atoms with van der Waals surface area (Å²) in [6, 6.07) is 7.58. The molecule has 0 aliphatic heterocycles. The summed E-state index contributed by atoms with van der Waals surface area (Å²) in [6.45, 7) is 0.599. The predicted molar refractivity (Wildman–Crippen MR) is 71.0 cm³/mol. The molecular weight excluding hydrogens is 282 g/mol. The number of hydrogen-bond acceptors (Lipinski definition) is 3. The minimum Gasteiger partial charge on any atom is -0.492 e. The van der Waals surface area contributed by atoms with E-state index in [1.54, 1.807) is 6.20 Å². The first-order chi connectivity index (χ1) is 8.18. The Hall–Kier alpha value is -1.49. The second-order valence-electron chi connectivity index (χ2n) is 3.70.